The number of carbonyl (C=O) groups is 1. The predicted octanol–water partition coefficient (Wildman–Crippen LogP) is 2.92. The second-order valence-corrected chi connectivity index (χ2v) is 9.02. The van der Waals surface area contributed by atoms with Crippen LogP contribution in [0.1, 0.15) is 42.3 Å². The van der Waals surface area contributed by atoms with Gasteiger partial charge in [0, 0.05) is 12.1 Å². The summed E-state index contributed by atoms with van der Waals surface area (Å²) in [6.07, 6.45) is 0. The van der Waals surface area contributed by atoms with Crippen LogP contribution in [0.2, 0.25) is 0 Å². The van der Waals surface area contributed by atoms with E-state index in [1.807, 2.05) is 20.8 Å². The highest BCUT2D eigenvalue weighted by molar-refractivity contribution is 7.92. The third kappa shape index (κ3) is 5.51. The van der Waals surface area contributed by atoms with Gasteiger partial charge in [-0.3, -0.25) is 9.52 Å². The first kappa shape index (κ1) is 20.9. The molecule has 0 spiro atoms. The van der Waals surface area contributed by atoms with E-state index in [0.717, 1.165) is 17.7 Å². The molecule has 0 aliphatic rings. The molecule has 0 saturated heterocycles. The monoisotopic (exact) mass is 393 g/mol. The van der Waals surface area contributed by atoms with Crippen molar-refractivity contribution in [3.05, 3.63) is 58.9 Å². The van der Waals surface area contributed by atoms with Crippen molar-refractivity contribution < 1.29 is 17.6 Å². The summed E-state index contributed by atoms with van der Waals surface area (Å²) in [4.78, 5) is 11.2. The van der Waals surface area contributed by atoms with Crippen LogP contribution < -0.4 is 15.8 Å². The normalized spacial score (nSPS) is 12.0. The second kappa shape index (κ2) is 7.66. The molecule has 0 aliphatic carbocycles. The molecule has 0 bridgehead atoms. The quantitative estimate of drug-likeness (QED) is 0.702. The zero-order valence-electron chi connectivity index (χ0n) is 15.8. The minimum absolute atomic E-state index is 0.00961. The number of halogens is 1. The van der Waals surface area contributed by atoms with Gasteiger partial charge in [0.1, 0.15) is 5.82 Å². The summed E-state index contributed by atoms with van der Waals surface area (Å²) in [6, 6.07) is 8.41. The molecule has 0 fully saturated rings. The molecule has 1 amide bonds. The Hall–Kier alpha value is -2.45. The van der Waals surface area contributed by atoms with E-state index in [-0.39, 0.29) is 21.7 Å². The lowest BCUT2D eigenvalue weighted by Crippen LogP contribution is -2.35. The summed E-state index contributed by atoms with van der Waals surface area (Å²) in [6.45, 7) is 8.45. The molecule has 2 aromatic carbocycles. The van der Waals surface area contributed by atoms with Gasteiger partial charge in [-0.05, 0) is 63.1 Å². The summed E-state index contributed by atoms with van der Waals surface area (Å²) >= 11 is 0. The number of primary amides is 1. The third-order valence-electron chi connectivity index (χ3n) is 3.84. The number of sulfonamides is 1. The van der Waals surface area contributed by atoms with Gasteiger partial charge in [0.2, 0.25) is 0 Å². The van der Waals surface area contributed by atoms with Crippen molar-refractivity contribution in [2.24, 2.45) is 5.73 Å². The van der Waals surface area contributed by atoms with Gasteiger partial charge >= 0.3 is 0 Å². The molecule has 0 aromatic heterocycles. The van der Waals surface area contributed by atoms with Gasteiger partial charge in [-0.1, -0.05) is 12.1 Å². The van der Waals surface area contributed by atoms with Crippen molar-refractivity contribution >= 4 is 21.6 Å². The maximum atomic E-state index is 13.8. The molecule has 0 heterocycles. The molecule has 0 unspecified atom stereocenters. The van der Waals surface area contributed by atoms with Gasteiger partial charge in [-0.25, -0.2) is 12.8 Å². The average Bonchev–Trinajstić information content (AvgIpc) is 2.51. The van der Waals surface area contributed by atoms with Crippen LogP contribution in [-0.4, -0.2) is 19.9 Å². The average molecular weight is 393 g/mol. The lowest BCUT2D eigenvalue weighted by molar-refractivity contribution is 0.0996. The molecule has 0 aliphatic heterocycles. The summed E-state index contributed by atoms with van der Waals surface area (Å²) in [5, 5.41) is 3.34. The first-order chi connectivity index (χ1) is 12.4. The van der Waals surface area contributed by atoms with Crippen LogP contribution in [0.3, 0.4) is 0 Å². The minimum Gasteiger partial charge on any atom is -0.366 e. The Kier molecular flexibility index (Phi) is 5.91. The lowest BCUT2D eigenvalue weighted by atomic mass is 10.1. The number of aryl methyl sites for hydroxylation is 1. The smallest absolute Gasteiger partial charge is 0.262 e. The number of carbonyl (C=O) groups excluding carboxylic acids is 1. The van der Waals surface area contributed by atoms with Gasteiger partial charge in [0.25, 0.3) is 15.9 Å². The van der Waals surface area contributed by atoms with E-state index >= 15 is 0 Å². The number of nitrogens with two attached hydrogens (primary N) is 1. The molecule has 146 valence electrons. The summed E-state index contributed by atoms with van der Waals surface area (Å²) in [7, 11) is -3.91. The van der Waals surface area contributed by atoms with E-state index in [9.17, 15) is 17.6 Å². The van der Waals surface area contributed by atoms with E-state index in [2.05, 4.69) is 10.0 Å². The van der Waals surface area contributed by atoms with Gasteiger partial charge < -0.3 is 11.1 Å². The molecular formula is C19H24FN3O3S. The van der Waals surface area contributed by atoms with E-state index < -0.39 is 21.7 Å². The molecule has 0 atom stereocenters. The van der Waals surface area contributed by atoms with Crippen LogP contribution in [0.5, 0.6) is 0 Å². The molecular weight excluding hydrogens is 369 g/mol. The third-order valence-corrected chi connectivity index (χ3v) is 5.38. The van der Waals surface area contributed by atoms with Crippen molar-refractivity contribution in [1.82, 2.24) is 5.32 Å². The number of nitrogens with one attached hydrogen (secondary N) is 2. The topological polar surface area (TPSA) is 101 Å². The molecule has 4 N–H and O–H groups in total. The first-order valence-corrected chi connectivity index (χ1v) is 9.84. The van der Waals surface area contributed by atoms with Crippen molar-refractivity contribution in [1.29, 1.82) is 0 Å². The number of hydrogen-bond acceptors (Lipinski definition) is 4. The van der Waals surface area contributed by atoms with Gasteiger partial charge in [-0.2, -0.15) is 0 Å². The number of amides is 1. The van der Waals surface area contributed by atoms with E-state index in [1.165, 1.54) is 12.1 Å². The van der Waals surface area contributed by atoms with Crippen LogP contribution >= 0.6 is 0 Å². The number of hydrogen-bond donors (Lipinski definition) is 3. The van der Waals surface area contributed by atoms with Crippen LogP contribution in [0.4, 0.5) is 10.1 Å². The minimum atomic E-state index is -3.91. The Balaban J connectivity index is 2.24. The fraction of sp³-hybridized carbons (Fsp3) is 0.316. The highest BCUT2D eigenvalue weighted by atomic mass is 32.2. The molecule has 0 radical (unpaired) electrons. The van der Waals surface area contributed by atoms with Crippen molar-refractivity contribution in [2.45, 2.75) is 44.7 Å². The van der Waals surface area contributed by atoms with E-state index in [4.69, 9.17) is 5.73 Å². The molecule has 0 saturated carbocycles. The predicted molar refractivity (Wildman–Crippen MR) is 103 cm³/mol. The zero-order chi connectivity index (χ0) is 20.4. The Labute approximate surface area is 159 Å². The molecule has 8 heteroatoms. The van der Waals surface area contributed by atoms with Crippen LogP contribution in [-0.2, 0) is 16.6 Å². The van der Waals surface area contributed by atoms with Crippen LogP contribution in [0.25, 0.3) is 0 Å². The van der Waals surface area contributed by atoms with E-state index in [1.54, 1.807) is 19.1 Å². The van der Waals surface area contributed by atoms with Gasteiger partial charge in [-0.15, -0.1) is 0 Å². The molecule has 27 heavy (non-hydrogen) atoms. The van der Waals surface area contributed by atoms with Crippen molar-refractivity contribution in [2.75, 3.05) is 4.72 Å². The summed E-state index contributed by atoms with van der Waals surface area (Å²) < 4.78 is 41.5. The summed E-state index contributed by atoms with van der Waals surface area (Å²) in [5.74, 6) is -1.81. The SMILES string of the molecule is Cc1cc(CNC(C)(C)C)ccc1S(=O)(=O)Nc1ccc(C(N)=O)c(F)c1. The number of benzene rings is 2. The Morgan fingerprint density at radius 2 is 1.81 bits per heavy atom. The van der Waals surface area contributed by atoms with Crippen molar-refractivity contribution in [3.8, 4) is 0 Å². The largest absolute Gasteiger partial charge is 0.366 e. The Morgan fingerprint density at radius 1 is 1.15 bits per heavy atom. The molecule has 6 nitrogen and oxygen atoms in total. The second-order valence-electron chi connectivity index (χ2n) is 7.37. The number of anilines is 1. The zero-order valence-corrected chi connectivity index (χ0v) is 16.6. The number of rotatable bonds is 6. The first-order valence-electron chi connectivity index (χ1n) is 8.36. The standard InChI is InChI=1S/C19H24FN3O3S/c1-12-9-13(11-22-19(2,3)4)5-8-17(12)27(25,26)23-14-6-7-15(18(21)24)16(20)10-14/h5-10,22-23H,11H2,1-4H3,(H2,21,24). The lowest BCUT2D eigenvalue weighted by Gasteiger charge is -2.21. The van der Waals surface area contributed by atoms with Gasteiger partial charge in [0.05, 0.1) is 16.1 Å². The highest BCUT2D eigenvalue weighted by Crippen LogP contribution is 2.22. The van der Waals surface area contributed by atoms with Gasteiger partial charge in [0.15, 0.2) is 0 Å². The van der Waals surface area contributed by atoms with E-state index in [0.29, 0.717) is 12.1 Å². The maximum Gasteiger partial charge on any atom is 0.262 e. The molecule has 2 rings (SSSR count). The van der Waals surface area contributed by atoms with Crippen LogP contribution in [0, 0.1) is 12.7 Å². The fourth-order valence-electron chi connectivity index (χ4n) is 2.48. The molecule has 2 aromatic rings. The Bertz CT molecular complexity index is 967. The maximum absolute atomic E-state index is 13.8. The fourth-order valence-corrected chi connectivity index (χ4v) is 3.76. The summed E-state index contributed by atoms with van der Waals surface area (Å²) in [5.41, 5.74) is 6.23. The van der Waals surface area contributed by atoms with Crippen LogP contribution in [0.15, 0.2) is 41.3 Å². The van der Waals surface area contributed by atoms with Crippen molar-refractivity contribution in [3.63, 3.8) is 0 Å². The highest BCUT2D eigenvalue weighted by Gasteiger charge is 2.19. The Morgan fingerprint density at radius 3 is 2.33 bits per heavy atom.